The van der Waals surface area contributed by atoms with E-state index < -0.39 is 10.7 Å². The van der Waals surface area contributed by atoms with Gasteiger partial charge in [0.15, 0.2) is 0 Å². The van der Waals surface area contributed by atoms with Gasteiger partial charge in [-0.3, -0.25) is 0 Å². The van der Waals surface area contributed by atoms with Crippen LogP contribution in [0.3, 0.4) is 0 Å². The molecule has 6 heteroatoms. The molecule has 0 amide bonds. The highest BCUT2D eigenvalue weighted by molar-refractivity contribution is 3.84. The van der Waals surface area contributed by atoms with Gasteiger partial charge in [0.25, 0.3) is 0 Å². The molecule has 0 aromatic rings. The molecule has 0 bridgehead atoms. The van der Waals surface area contributed by atoms with E-state index in [1.165, 1.54) is 0 Å². The zero-order valence-electron chi connectivity index (χ0n) is 2.81. The van der Waals surface area contributed by atoms with E-state index in [1.807, 2.05) is 0 Å². The second kappa shape index (κ2) is 1.98. The van der Waals surface area contributed by atoms with Crippen molar-refractivity contribution in [3.8, 4) is 0 Å². The van der Waals surface area contributed by atoms with Crippen molar-refractivity contribution in [1.29, 1.82) is 0 Å². The van der Waals surface area contributed by atoms with Crippen molar-refractivity contribution in [3.05, 3.63) is 0 Å². The summed E-state index contributed by atoms with van der Waals surface area (Å²) in [7, 11) is 0. The summed E-state index contributed by atoms with van der Waals surface area (Å²) in [6.07, 6.45) is 0. The maximum absolute atomic E-state index is 10.9. The lowest BCUT2D eigenvalue weighted by atomic mass is 12.3. The van der Waals surface area contributed by atoms with Crippen molar-refractivity contribution in [2.24, 2.45) is 11.7 Å². The average molecular weight is 98.1 g/mol. The second-order valence-electron chi connectivity index (χ2n) is 0.577. The summed E-state index contributed by atoms with van der Waals surface area (Å²) in [5.74, 6) is 8.06. The lowest BCUT2D eigenvalue weighted by Crippen LogP contribution is -2.40. The monoisotopic (exact) mass is 98.0 g/mol. The molecule has 4 nitrogen and oxygen atoms in total. The van der Waals surface area contributed by atoms with E-state index in [-0.39, 0.29) is 0 Å². The van der Waals surface area contributed by atoms with Crippen molar-refractivity contribution in [1.82, 2.24) is 10.7 Å². The van der Waals surface area contributed by atoms with Gasteiger partial charge in [-0.2, -0.15) is 0 Å². The van der Waals surface area contributed by atoms with Gasteiger partial charge in [-0.1, -0.05) is 8.96 Å². The van der Waals surface area contributed by atoms with E-state index in [0.717, 1.165) is 0 Å². The van der Waals surface area contributed by atoms with Crippen LogP contribution < -0.4 is 11.7 Å². The number of rotatable bonds is 1. The first-order valence-corrected chi connectivity index (χ1v) is 1.05. The molecule has 0 aliphatic heterocycles. The number of halogens is 2. The van der Waals surface area contributed by atoms with Gasteiger partial charge in [-0.25, -0.2) is 11.7 Å². The molecule has 38 valence electrons. The molecular weight excluding hydrogens is 94.0 g/mol. The topological polar surface area (TPSA) is 58.5 Å². The Balaban J connectivity index is 2.99. The van der Waals surface area contributed by atoms with Gasteiger partial charge in [0.1, 0.15) is 0 Å². The van der Waals surface area contributed by atoms with Crippen LogP contribution in [0.2, 0.25) is 0 Å². The fourth-order valence-corrected chi connectivity index (χ4v) is 0. The van der Waals surface area contributed by atoms with Gasteiger partial charge in [-0.05, 0) is 0 Å². The summed E-state index contributed by atoms with van der Waals surface area (Å²) in [6.45, 7) is 0. The minimum atomic E-state index is -0.889. The summed E-state index contributed by atoms with van der Waals surface area (Å²) in [4.78, 5) is 0. The van der Waals surface area contributed by atoms with Crippen molar-refractivity contribution >= 4 is 0 Å². The second-order valence-corrected chi connectivity index (χ2v) is 0.577. The van der Waals surface area contributed by atoms with Crippen LogP contribution in [0.1, 0.15) is 0 Å². The molecule has 4 N–H and O–H groups in total. The van der Waals surface area contributed by atoms with Crippen LogP contribution in [0.5, 0.6) is 0 Å². The Morgan fingerprint density at radius 2 is 1.17 bits per heavy atom. The first-order valence-electron chi connectivity index (χ1n) is 1.05. The summed E-state index contributed by atoms with van der Waals surface area (Å²) in [5.41, 5.74) is 0. The Bertz CT molecular complexity index is 26.5. The molecule has 0 saturated carbocycles. The number of nitrogens with zero attached hydrogens (tertiary/aromatic N) is 2. The van der Waals surface area contributed by atoms with Crippen LogP contribution >= 0.6 is 0 Å². The van der Waals surface area contributed by atoms with Crippen LogP contribution in [0.15, 0.2) is 0 Å². The first-order chi connectivity index (χ1) is 2.64. The maximum Gasteiger partial charge on any atom is 0.0354 e. The van der Waals surface area contributed by atoms with Gasteiger partial charge in [-0.15, -0.1) is 0 Å². The van der Waals surface area contributed by atoms with E-state index in [2.05, 4.69) is 11.7 Å². The van der Waals surface area contributed by atoms with Crippen molar-refractivity contribution in [3.63, 3.8) is 0 Å². The van der Waals surface area contributed by atoms with Crippen LogP contribution in [0.4, 0.5) is 8.96 Å². The maximum atomic E-state index is 10.9. The third-order valence-electron chi connectivity index (χ3n) is 0.183. The molecule has 0 fully saturated rings. The van der Waals surface area contributed by atoms with Gasteiger partial charge < -0.3 is 0 Å². The summed E-state index contributed by atoms with van der Waals surface area (Å²) >= 11 is 0. The molecule has 0 saturated heterocycles. The van der Waals surface area contributed by atoms with Crippen molar-refractivity contribution < 1.29 is 8.96 Å². The molecule has 0 aromatic carbocycles. The molecule has 0 rings (SSSR count). The van der Waals surface area contributed by atoms with Crippen LogP contribution in [0.25, 0.3) is 0 Å². The zero-order valence-corrected chi connectivity index (χ0v) is 2.81. The minimum Gasteiger partial charge on any atom is -0.222 e. The molecule has 0 unspecified atom stereocenters. The summed E-state index contributed by atoms with van der Waals surface area (Å²) in [5, 5.41) is -1.78. The van der Waals surface area contributed by atoms with E-state index >= 15 is 0 Å². The van der Waals surface area contributed by atoms with Crippen LogP contribution in [0, 0.1) is 0 Å². The average Bonchev–Trinajstić information content (AvgIpc) is 1.36. The standard InChI is InChI=1S/F2H4N4/c1-5(3)6(2)4/h3-4H2. The van der Waals surface area contributed by atoms with E-state index in [1.54, 1.807) is 0 Å². The predicted molar refractivity (Wildman–Crippen MR) is 14.3 cm³/mol. The quantitative estimate of drug-likeness (QED) is 0.251. The summed E-state index contributed by atoms with van der Waals surface area (Å²) < 4.78 is 21.7. The molecule has 0 radical (unpaired) electrons. The normalized spacial score (nSPS) is 11.0. The number of hydrogen-bond donors (Lipinski definition) is 2. The molecule has 0 aliphatic carbocycles. The number of hydrazine groups is 3. The van der Waals surface area contributed by atoms with Gasteiger partial charge in [0, 0.05) is 10.7 Å². The summed E-state index contributed by atoms with van der Waals surface area (Å²) in [6, 6.07) is 0. The molecule has 0 atom stereocenters. The van der Waals surface area contributed by atoms with Crippen molar-refractivity contribution in [2.75, 3.05) is 0 Å². The largest absolute Gasteiger partial charge is 0.222 e. The van der Waals surface area contributed by atoms with Gasteiger partial charge in [0.05, 0.1) is 0 Å². The predicted octanol–water partition coefficient (Wildman–Crippen LogP) is -0.978. The Labute approximate surface area is 32.7 Å². The Kier molecular flexibility index (Phi) is 1.88. The first kappa shape index (κ1) is 5.70. The van der Waals surface area contributed by atoms with Crippen molar-refractivity contribution in [2.45, 2.75) is 0 Å². The SMILES string of the molecule is NN(F)N(N)F. The molecular formula is H4F2N4. The van der Waals surface area contributed by atoms with Crippen LogP contribution in [-0.2, 0) is 0 Å². The Morgan fingerprint density at radius 3 is 1.17 bits per heavy atom. The zero-order chi connectivity index (χ0) is 5.15. The number of hydrogen-bond acceptors (Lipinski definition) is 4. The highest BCUT2D eigenvalue weighted by Crippen LogP contribution is 1.78. The molecule has 6 heavy (non-hydrogen) atoms. The van der Waals surface area contributed by atoms with Crippen LogP contribution in [-0.4, -0.2) is 10.7 Å². The van der Waals surface area contributed by atoms with E-state index in [4.69, 9.17) is 0 Å². The highest BCUT2D eigenvalue weighted by Gasteiger charge is 1.98. The Hall–Kier alpha value is -0.300. The van der Waals surface area contributed by atoms with Gasteiger partial charge in [0.2, 0.25) is 0 Å². The minimum absolute atomic E-state index is 0.889. The molecule has 0 heterocycles. The smallest absolute Gasteiger partial charge is 0.0354 e. The number of nitrogens with two attached hydrogens (primary N) is 2. The third-order valence-corrected chi connectivity index (χ3v) is 0.183. The fourth-order valence-electron chi connectivity index (χ4n) is 0. The van der Waals surface area contributed by atoms with Gasteiger partial charge >= 0.3 is 0 Å². The molecule has 0 aliphatic rings. The lowest BCUT2D eigenvalue weighted by molar-refractivity contribution is -0.276. The molecule has 0 aromatic heterocycles. The van der Waals surface area contributed by atoms with E-state index in [9.17, 15) is 8.96 Å². The Morgan fingerprint density at radius 1 is 1.00 bits per heavy atom. The highest BCUT2D eigenvalue weighted by atomic mass is 19.2. The lowest BCUT2D eigenvalue weighted by Gasteiger charge is -2.03. The third kappa shape index (κ3) is 1.97. The van der Waals surface area contributed by atoms with E-state index in [0.29, 0.717) is 0 Å². The molecule has 0 spiro atoms. The fraction of sp³-hybridized carbons (Fsp3) is 0.